The third-order valence-electron chi connectivity index (χ3n) is 2.21. The summed E-state index contributed by atoms with van der Waals surface area (Å²) in [5.41, 5.74) is 3.98. The number of rotatable bonds is 4. The van der Waals surface area contributed by atoms with Crippen LogP contribution in [0.3, 0.4) is 0 Å². The molecular weight excluding hydrogens is 281 g/mol. The lowest BCUT2D eigenvalue weighted by Gasteiger charge is -2.19. The van der Waals surface area contributed by atoms with Crippen LogP contribution in [0, 0.1) is 0 Å². The van der Waals surface area contributed by atoms with E-state index in [-0.39, 0.29) is 11.4 Å². The summed E-state index contributed by atoms with van der Waals surface area (Å²) in [5.74, 6) is 0. The molecule has 4 nitrogen and oxygen atoms in total. The average Bonchev–Trinajstić information content (AvgIpc) is 2.25. The van der Waals surface area contributed by atoms with E-state index in [1.807, 2.05) is 0 Å². The molecule has 1 aromatic carbocycles. The molecule has 0 aliphatic heterocycles. The lowest BCUT2D eigenvalue weighted by Crippen LogP contribution is -2.45. The highest BCUT2D eigenvalue weighted by Crippen LogP contribution is 2.29. The number of benzene rings is 1. The van der Waals surface area contributed by atoms with Crippen LogP contribution in [0.2, 0.25) is 0 Å². The number of hydrogen-bond donors (Lipinski definition) is 2. The van der Waals surface area contributed by atoms with Gasteiger partial charge in [0.1, 0.15) is 0 Å². The number of nitrogens with two attached hydrogens (primary N) is 1. The highest BCUT2D eigenvalue weighted by Gasteiger charge is 2.30. The van der Waals surface area contributed by atoms with Crippen LogP contribution in [0.1, 0.15) is 19.4 Å². The van der Waals surface area contributed by atoms with Crippen LogP contribution in [0.5, 0.6) is 0 Å². The normalized spacial score (nSPS) is 13.6. The van der Waals surface area contributed by atoms with Crippen LogP contribution >= 0.6 is 0 Å². The summed E-state index contributed by atoms with van der Waals surface area (Å²) in [5, 5.41) is 0. The van der Waals surface area contributed by atoms with Crippen molar-refractivity contribution in [2.75, 3.05) is 6.54 Å². The van der Waals surface area contributed by atoms with Gasteiger partial charge in [-0.25, -0.2) is 13.1 Å². The molecule has 0 spiro atoms. The number of sulfonamides is 1. The van der Waals surface area contributed by atoms with Crippen LogP contribution in [0.25, 0.3) is 0 Å². The van der Waals surface area contributed by atoms with Gasteiger partial charge in [0.05, 0.1) is 10.5 Å². The first-order chi connectivity index (χ1) is 8.42. The van der Waals surface area contributed by atoms with Crippen molar-refractivity contribution >= 4 is 10.0 Å². The molecule has 3 N–H and O–H groups in total. The first kappa shape index (κ1) is 15.9. The van der Waals surface area contributed by atoms with Gasteiger partial charge in [-0.15, -0.1) is 0 Å². The van der Waals surface area contributed by atoms with Gasteiger partial charge >= 0.3 is 6.18 Å². The number of hydrogen-bond acceptors (Lipinski definition) is 3. The Hall–Kier alpha value is -1.12. The molecule has 1 aromatic rings. The summed E-state index contributed by atoms with van der Waals surface area (Å²) in [7, 11) is -3.85. The first-order valence-corrected chi connectivity index (χ1v) is 6.86. The molecule has 0 aromatic heterocycles. The van der Waals surface area contributed by atoms with Gasteiger partial charge in [0.2, 0.25) is 10.0 Å². The van der Waals surface area contributed by atoms with E-state index in [0.717, 1.165) is 24.3 Å². The van der Waals surface area contributed by atoms with E-state index in [9.17, 15) is 21.6 Å². The monoisotopic (exact) mass is 296 g/mol. The Morgan fingerprint density at radius 2 is 1.63 bits per heavy atom. The Kier molecular flexibility index (Phi) is 4.28. The summed E-state index contributed by atoms with van der Waals surface area (Å²) in [6.07, 6.45) is -4.49. The zero-order valence-electron chi connectivity index (χ0n) is 10.5. The molecule has 0 unspecified atom stereocenters. The molecule has 19 heavy (non-hydrogen) atoms. The molecule has 0 aliphatic carbocycles. The average molecular weight is 296 g/mol. The van der Waals surface area contributed by atoms with Crippen LogP contribution in [0.4, 0.5) is 13.2 Å². The van der Waals surface area contributed by atoms with Crippen LogP contribution in [-0.4, -0.2) is 20.5 Å². The molecule has 0 amide bonds. The Morgan fingerprint density at radius 1 is 1.16 bits per heavy atom. The van der Waals surface area contributed by atoms with Crippen LogP contribution in [-0.2, 0) is 16.2 Å². The topological polar surface area (TPSA) is 72.2 Å². The second kappa shape index (κ2) is 5.10. The van der Waals surface area contributed by atoms with E-state index in [1.165, 1.54) is 0 Å². The van der Waals surface area contributed by atoms with Gasteiger partial charge < -0.3 is 5.73 Å². The minimum atomic E-state index is -4.49. The largest absolute Gasteiger partial charge is 0.416 e. The van der Waals surface area contributed by atoms with Gasteiger partial charge in [0, 0.05) is 12.1 Å². The van der Waals surface area contributed by atoms with Crippen molar-refractivity contribution in [3.8, 4) is 0 Å². The molecule has 0 bridgehead atoms. The fourth-order valence-corrected chi connectivity index (χ4v) is 2.41. The maximum absolute atomic E-state index is 12.3. The minimum Gasteiger partial charge on any atom is -0.324 e. The SMILES string of the molecule is CC(C)(N)CNS(=O)(=O)c1ccc(C(F)(F)F)cc1. The second-order valence-corrected chi connectivity index (χ2v) is 6.60. The summed E-state index contributed by atoms with van der Waals surface area (Å²) < 4.78 is 62.8. The first-order valence-electron chi connectivity index (χ1n) is 5.38. The van der Waals surface area contributed by atoms with Crippen molar-refractivity contribution in [1.29, 1.82) is 0 Å². The third-order valence-corrected chi connectivity index (χ3v) is 3.63. The summed E-state index contributed by atoms with van der Waals surface area (Å²) in [6.45, 7) is 3.24. The predicted molar refractivity (Wildman–Crippen MR) is 64.9 cm³/mol. The number of alkyl halides is 3. The van der Waals surface area contributed by atoms with Gasteiger partial charge in [-0.2, -0.15) is 13.2 Å². The second-order valence-electron chi connectivity index (χ2n) is 4.84. The summed E-state index contributed by atoms with van der Waals surface area (Å²) in [4.78, 5) is -0.232. The number of nitrogens with one attached hydrogen (secondary N) is 1. The maximum Gasteiger partial charge on any atom is 0.416 e. The predicted octanol–water partition coefficient (Wildman–Crippen LogP) is 1.72. The third kappa shape index (κ3) is 4.81. The van der Waals surface area contributed by atoms with E-state index < -0.39 is 27.3 Å². The van der Waals surface area contributed by atoms with Crippen molar-refractivity contribution in [1.82, 2.24) is 4.72 Å². The van der Waals surface area contributed by atoms with E-state index in [1.54, 1.807) is 13.8 Å². The molecule has 8 heteroatoms. The molecule has 0 saturated carbocycles. The van der Waals surface area contributed by atoms with E-state index in [0.29, 0.717) is 0 Å². The number of halogens is 3. The molecule has 0 atom stereocenters. The van der Waals surface area contributed by atoms with Gasteiger partial charge in [-0.05, 0) is 38.1 Å². The van der Waals surface area contributed by atoms with Crippen molar-refractivity contribution < 1.29 is 21.6 Å². The molecule has 0 fully saturated rings. The Morgan fingerprint density at radius 3 is 2.00 bits per heavy atom. The fraction of sp³-hybridized carbons (Fsp3) is 0.455. The highest BCUT2D eigenvalue weighted by atomic mass is 32.2. The maximum atomic E-state index is 12.3. The van der Waals surface area contributed by atoms with Gasteiger partial charge in [-0.3, -0.25) is 0 Å². The lowest BCUT2D eigenvalue weighted by molar-refractivity contribution is -0.137. The van der Waals surface area contributed by atoms with E-state index >= 15 is 0 Å². The van der Waals surface area contributed by atoms with Crippen molar-refractivity contribution in [2.45, 2.75) is 30.5 Å². The molecule has 0 radical (unpaired) electrons. The highest BCUT2D eigenvalue weighted by molar-refractivity contribution is 7.89. The molecular formula is C11H15F3N2O2S. The molecule has 0 saturated heterocycles. The van der Waals surface area contributed by atoms with Gasteiger partial charge in [0.15, 0.2) is 0 Å². The van der Waals surface area contributed by atoms with Crippen molar-refractivity contribution in [3.05, 3.63) is 29.8 Å². The minimum absolute atomic E-state index is 0.0175. The smallest absolute Gasteiger partial charge is 0.324 e. The zero-order valence-corrected chi connectivity index (χ0v) is 11.3. The van der Waals surface area contributed by atoms with Gasteiger partial charge in [-0.1, -0.05) is 0 Å². The van der Waals surface area contributed by atoms with E-state index in [2.05, 4.69) is 4.72 Å². The van der Waals surface area contributed by atoms with Crippen molar-refractivity contribution in [2.24, 2.45) is 5.73 Å². The quantitative estimate of drug-likeness (QED) is 0.888. The lowest BCUT2D eigenvalue weighted by atomic mass is 10.1. The zero-order chi connectivity index (χ0) is 14.9. The molecule has 108 valence electrons. The molecule has 0 aliphatic rings. The standard InChI is InChI=1S/C11H15F3N2O2S/c1-10(2,15)7-16-19(17,18)9-5-3-8(4-6-9)11(12,13)14/h3-6,16H,7,15H2,1-2H3. The summed E-state index contributed by atoms with van der Waals surface area (Å²) in [6, 6.07) is 3.27. The van der Waals surface area contributed by atoms with Crippen molar-refractivity contribution in [3.63, 3.8) is 0 Å². The Balaban J connectivity index is 2.92. The molecule has 1 rings (SSSR count). The Bertz CT molecular complexity index is 531. The fourth-order valence-electron chi connectivity index (χ4n) is 1.19. The van der Waals surface area contributed by atoms with Crippen LogP contribution < -0.4 is 10.5 Å². The molecule has 0 heterocycles. The van der Waals surface area contributed by atoms with E-state index in [4.69, 9.17) is 5.73 Å². The van der Waals surface area contributed by atoms with Gasteiger partial charge in [0.25, 0.3) is 0 Å². The van der Waals surface area contributed by atoms with Crippen LogP contribution in [0.15, 0.2) is 29.2 Å². The summed E-state index contributed by atoms with van der Waals surface area (Å²) >= 11 is 0. The Labute approximate surface area is 109 Å².